The summed E-state index contributed by atoms with van der Waals surface area (Å²) in [6.45, 7) is 0.389. The van der Waals surface area contributed by atoms with Gasteiger partial charge in [0, 0.05) is 43.2 Å². The first-order chi connectivity index (χ1) is 11.8. The zero-order valence-electron chi connectivity index (χ0n) is 13.0. The molecule has 3 rings (SSSR count). The monoisotopic (exact) mass is 325 g/mol. The molecule has 0 saturated heterocycles. The molecule has 0 radical (unpaired) electrons. The van der Waals surface area contributed by atoms with Crippen molar-refractivity contribution in [3.8, 4) is 17.3 Å². The van der Waals surface area contributed by atoms with Crippen LogP contribution in [0.2, 0.25) is 0 Å². The number of carbonyl (C=O) groups is 1. The quantitative estimate of drug-likeness (QED) is 0.732. The summed E-state index contributed by atoms with van der Waals surface area (Å²) in [5.41, 5.74) is 1.26. The van der Waals surface area contributed by atoms with E-state index in [-0.39, 0.29) is 5.91 Å². The Labute approximate surface area is 137 Å². The Kier molecular flexibility index (Phi) is 4.76. The van der Waals surface area contributed by atoms with Crippen LogP contribution in [0.1, 0.15) is 16.2 Å². The number of hydrogen-bond acceptors (Lipinski definition) is 7. The van der Waals surface area contributed by atoms with Gasteiger partial charge in [0.15, 0.2) is 5.82 Å². The summed E-state index contributed by atoms with van der Waals surface area (Å²) >= 11 is 0. The average molecular weight is 325 g/mol. The van der Waals surface area contributed by atoms with Gasteiger partial charge in [0.05, 0.1) is 12.7 Å². The van der Waals surface area contributed by atoms with Crippen LogP contribution in [-0.4, -0.2) is 39.7 Å². The van der Waals surface area contributed by atoms with Crippen molar-refractivity contribution in [1.82, 2.24) is 25.4 Å². The third-order valence-electron chi connectivity index (χ3n) is 3.24. The molecule has 0 aromatic carbocycles. The average Bonchev–Trinajstić information content (AvgIpc) is 3.11. The number of amides is 1. The molecule has 0 fully saturated rings. The van der Waals surface area contributed by atoms with Gasteiger partial charge in [0.25, 0.3) is 11.8 Å². The lowest BCUT2D eigenvalue weighted by atomic mass is 10.2. The highest BCUT2D eigenvalue weighted by Gasteiger charge is 2.10. The van der Waals surface area contributed by atoms with Gasteiger partial charge in [0.2, 0.25) is 5.88 Å². The summed E-state index contributed by atoms with van der Waals surface area (Å²) in [4.78, 5) is 24.2. The van der Waals surface area contributed by atoms with E-state index in [1.807, 2.05) is 0 Å². The first-order valence-corrected chi connectivity index (χ1v) is 7.27. The lowest BCUT2D eigenvalue weighted by Gasteiger charge is -2.04. The highest BCUT2D eigenvalue weighted by Crippen LogP contribution is 2.15. The molecule has 0 bridgehead atoms. The van der Waals surface area contributed by atoms with Crippen LogP contribution in [0.15, 0.2) is 47.4 Å². The van der Waals surface area contributed by atoms with Crippen molar-refractivity contribution in [3.63, 3.8) is 0 Å². The lowest BCUT2D eigenvalue weighted by Crippen LogP contribution is -2.26. The maximum Gasteiger partial charge on any atom is 0.258 e. The minimum absolute atomic E-state index is 0.219. The Balaban J connectivity index is 1.53. The van der Waals surface area contributed by atoms with Crippen LogP contribution < -0.4 is 10.1 Å². The fourth-order valence-corrected chi connectivity index (χ4v) is 1.99. The van der Waals surface area contributed by atoms with Crippen LogP contribution in [-0.2, 0) is 6.42 Å². The second-order valence-electron chi connectivity index (χ2n) is 4.85. The molecule has 0 atom stereocenters. The number of methoxy groups -OCH3 is 1. The molecule has 0 saturated carbocycles. The zero-order chi connectivity index (χ0) is 16.8. The molecule has 8 heteroatoms. The number of aromatic nitrogens is 4. The van der Waals surface area contributed by atoms with Crippen LogP contribution in [0.25, 0.3) is 11.5 Å². The molecule has 1 N–H and O–H groups in total. The van der Waals surface area contributed by atoms with Crippen molar-refractivity contribution < 1.29 is 14.1 Å². The summed E-state index contributed by atoms with van der Waals surface area (Å²) in [5, 5.41) is 6.68. The lowest BCUT2D eigenvalue weighted by molar-refractivity contribution is 0.0953. The predicted molar refractivity (Wildman–Crippen MR) is 84.4 cm³/mol. The fourth-order valence-electron chi connectivity index (χ4n) is 1.99. The third kappa shape index (κ3) is 3.72. The van der Waals surface area contributed by atoms with E-state index in [4.69, 9.17) is 9.26 Å². The van der Waals surface area contributed by atoms with E-state index in [1.54, 1.807) is 36.7 Å². The second kappa shape index (κ2) is 7.32. The van der Waals surface area contributed by atoms with Crippen molar-refractivity contribution in [3.05, 3.63) is 54.2 Å². The van der Waals surface area contributed by atoms with E-state index in [2.05, 4.69) is 25.4 Å². The van der Waals surface area contributed by atoms with Crippen LogP contribution in [0.5, 0.6) is 5.88 Å². The summed E-state index contributed by atoms with van der Waals surface area (Å²) in [5.74, 6) is 1.19. The van der Waals surface area contributed by atoms with Crippen molar-refractivity contribution in [2.75, 3.05) is 13.7 Å². The Bertz CT molecular complexity index is 802. The third-order valence-corrected chi connectivity index (χ3v) is 3.24. The number of nitrogens with zero attached hydrogens (tertiary/aromatic N) is 4. The molecule has 3 heterocycles. The Morgan fingerprint density at radius 3 is 2.79 bits per heavy atom. The van der Waals surface area contributed by atoms with E-state index in [0.29, 0.717) is 36.1 Å². The van der Waals surface area contributed by atoms with Crippen LogP contribution in [0.4, 0.5) is 0 Å². The molecular weight excluding hydrogens is 310 g/mol. The SMILES string of the molecule is COc1ccc(C(=O)NCCc2noc(-c3ccncc3)n2)cn1. The van der Waals surface area contributed by atoms with Gasteiger partial charge in [0.1, 0.15) is 0 Å². The topological polar surface area (TPSA) is 103 Å². The van der Waals surface area contributed by atoms with Gasteiger partial charge < -0.3 is 14.6 Å². The molecule has 8 nitrogen and oxygen atoms in total. The number of carbonyl (C=O) groups excluding carboxylic acids is 1. The standard InChI is InChI=1S/C16H15N5O3/c1-23-14-3-2-12(10-19-14)15(22)18-9-6-13-20-16(24-21-13)11-4-7-17-8-5-11/h2-5,7-8,10H,6,9H2,1H3,(H,18,22). The van der Waals surface area contributed by atoms with Crippen molar-refractivity contribution in [1.29, 1.82) is 0 Å². The number of rotatable bonds is 6. The molecule has 24 heavy (non-hydrogen) atoms. The largest absolute Gasteiger partial charge is 0.481 e. The van der Waals surface area contributed by atoms with E-state index < -0.39 is 0 Å². The highest BCUT2D eigenvalue weighted by molar-refractivity contribution is 5.93. The Hall–Kier alpha value is -3.29. The van der Waals surface area contributed by atoms with E-state index in [1.165, 1.54) is 13.3 Å². The Morgan fingerprint density at radius 1 is 1.25 bits per heavy atom. The van der Waals surface area contributed by atoms with Crippen molar-refractivity contribution in [2.45, 2.75) is 6.42 Å². The Morgan fingerprint density at radius 2 is 2.08 bits per heavy atom. The normalized spacial score (nSPS) is 10.4. The molecular formula is C16H15N5O3. The minimum atomic E-state index is -0.219. The van der Waals surface area contributed by atoms with E-state index in [0.717, 1.165) is 5.56 Å². The van der Waals surface area contributed by atoms with E-state index in [9.17, 15) is 4.79 Å². The van der Waals surface area contributed by atoms with Gasteiger partial charge in [-0.25, -0.2) is 4.98 Å². The minimum Gasteiger partial charge on any atom is -0.481 e. The second-order valence-corrected chi connectivity index (χ2v) is 4.85. The van der Waals surface area contributed by atoms with Crippen LogP contribution in [0.3, 0.4) is 0 Å². The van der Waals surface area contributed by atoms with E-state index >= 15 is 0 Å². The maximum absolute atomic E-state index is 12.0. The first kappa shape index (κ1) is 15.6. The number of pyridine rings is 2. The van der Waals surface area contributed by atoms with Gasteiger partial charge in [-0.15, -0.1) is 0 Å². The first-order valence-electron chi connectivity index (χ1n) is 7.27. The smallest absolute Gasteiger partial charge is 0.258 e. The highest BCUT2D eigenvalue weighted by atomic mass is 16.5. The summed E-state index contributed by atoms with van der Waals surface area (Å²) in [6.07, 6.45) is 5.23. The van der Waals surface area contributed by atoms with Gasteiger partial charge in [-0.1, -0.05) is 5.16 Å². The molecule has 0 unspecified atom stereocenters. The van der Waals surface area contributed by atoms with Gasteiger partial charge >= 0.3 is 0 Å². The molecule has 3 aromatic heterocycles. The van der Waals surface area contributed by atoms with Crippen molar-refractivity contribution >= 4 is 5.91 Å². The summed E-state index contributed by atoms with van der Waals surface area (Å²) in [7, 11) is 1.52. The zero-order valence-corrected chi connectivity index (χ0v) is 13.0. The van der Waals surface area contributed by atoms with Gasteiger partial charge in [-0.3, -0.25) is 9.78 Å². The summed E-state index contributed by atoms with van der Waals surface area (Å²) < 4.78 is 10.1. The molecule has 0 spiro atoms. The molecule has 0 aliphatic carbocycles. The summed E-state index contributed by atoms with van der Waals surface area (Å²) in [6, 6.07) is 6.86. The fraction of sp³-hybridized carbons (Fsp3) is 0.188. The van der Waals surface area contributed by atoms with Crippen LogP contribution in [0, 0.1) is 0 Å². The van der Waals surface area contributed by atoms with Crippen molar-refractivity contribution in [2.24, 2.45) is 0 Å². The molecule has 0 aliphatic rings. The number of hydrogen-bond donors (Lipinski definition) is 1. The van der Waals surface area contributed by atoms with Gasteiger partial charge in [-0.05, 0) is 18.2 Å². The van der Waals surface area contributed by atoms with Gasteiger partial charge in [-0.2, -0.15) is 4.98 Å². The molecule has 122 valence electrons. The number of ether oxygens (including phenoxy) is 1. The molecule has 1 amide bonds. The van der Waals surface area contributed by atoms with Crippen LogP contribution >= 0.6 is 0 Å². The predicted octanol–water partition coefficient (Wildman–Crippen LogP) is 1.51. The maximum atomic E-state index is 12.0. The molecule has 3 aromatic rings. The molecule has 0 aliphatic heterocycles. The number of nitrogens with one attached hydrogen (secondary N) is 1.